The average Bonchev–Trinajstić information content (AvgIpc) is 2.69. The van der Waals surface area contributed by atoms with Crippen molar-refractivity contribution >= 4 is 25.2 Å². The van der Waals surface area contributed by atoms with Crippen molar-refractivity contribution in [2.24, 2.45) is 0 Å². The number of hydrogen-bond donors (Lipinski definition) is 0. The highest BCUT2D eigenvalue weighted by Crippen LogP contribution is 2.02. The zero-order valence-electron chi connectivity index (χ0n) is 20.4. The molecular formula is C22H45BN4O3. The Bertz CT molecular complexity index is 505. The molecule has 0 aliphatic heterocycles. The molecule has 0 bridgehead atoms. The fourth-order valence-corrected chi connectivity index (χ4v) is 3.38. The van der Waals surface area contributed by atoms with Crippen LogP contribution in [0.25, 0.3) is 0 Å². The standard InChI is InChI=1S/C22H45BN4O3/c1-6-9-12-24(5)22(30)19-25(7-2)13-10-11-14-27(17-20(4)28)16-15-26(8-3)18-21(23)29/h6-19,23H2,1-5H3. The average molecular weight is 424 g/mol. The number of unbranched alkanes of at least 4 members (excludes halogenated alkanes) is 2. The maximum Gasteiger partial charge on any atom is 0.236 e. The number of ketones is 1. The number of carbonyl (C=O) groups is 3. The Morgan fingerprint density at radius 1 is 0.700 bits per heavy atom. The van der Waals surface area contributed by atoms with E-state index in [0.29, 0.717) is 19.6 Å². The Kier molecular flexibility index (Phi) is 16.7. The summed E-state index contributed by atoms with van der Waals surface area (Å²) < 4.78 is 0. The monoisotopic (exact) mass is 424 g/mol. The first-order valence-electron chi connectivity index (χ1n) is 11.6. The number of likely N-dealkylation sites (N-methyl/N-ethyl adjacent to an activating group) is 3. The molecule has 8 heteroatoms. The van der Waals surface area contributed by atoms with E-state index < -0.39 is 0 Å². The van der Waals surface area contributed by atoms with Crippen molar-refractivity contribution in [3.05, 3.63) is 0 Å². The van der Waals surface area contributed by atoms with E-state index in [4.69, 9.17) is 0 Å². The second-order valence-electron chi connectivity index (χ2n) is 8.29. The van der Waals surface area contributed by atoms with Crippen LogP contribution in [0.1, 0.15) is 53.4 Å². The fraction of sp³-hybridized carbons (Fsp3) is 0.864. The van der Waals surface area contributed by atoms with Crippen LogP contribution in [-0.2, 0) is 14.4 Å². The maximum absolute atomic E-state index is 12.3. The van der Waals surface area contributed by atoms with Gasteiger partial charge in [0.05, 0.1) is 18.8 Å². The van der Waals surface area contributed by atoms with Crippen LogP contribution < -0.4 is 0 Å². The molecule has 7 nitrogen and oxygen atoms in total. The number of carbonyl (C=O) groups excluding carboxylic acids is 3. The van der Waals surface area contributed by atoms with Crippen molar-refractivity contribution < 1.29 is 14.4 Å². The first-order chi connectivity index (χ1) is 14.2. The SMILES string of the molecule is BC(=O)CN(CC)CCN(CCCCN(CC)CC(=O)N(C)CCCC)CC(C)=O. The highest BCUT2D eigenvalue weighted by molar-refractivity contribution is 6.58. The van der Waals surface area contributed by atoms with Crippen molar-refractivity contribution in [3.8, 4) is 0 Å². The second kappa shape index (κ2) is 17.4. The summed E-state index contributed by atoms with van der Waals surface area (Å²) in [5.41, 5.74) is 0.171. The van der Waals surface area contributed by atoms with Crippen LogP contribution in [0.2, 0.25) is 0 Å². The van der Waals surface area contributed by atoms with Gasteiger partial charge in [-0.25, -0.2) is 0 Å². The Morgan fingerprint density at radius 2 is 1.23 bits per heavy atom. The second-order valence-corrected chi connectivity index (χ2v) is 8.29. The Labute approximate surface area is 185 Å². The predicted molar refractivity (Wildman–Crippen MR) is 127 cm³/mol. The number of nitrogens with zero attached hydrogens (tertiary/aromatic N) is 4. The molecule has 0 saturated heterocycles. The van der Waals surface area contributed by atoms with Crippen molar-refractivity contribution in [2.75, 3.05) is 72.5 Å². The van der Waals surface area contributed by atoms with Crippen LogP contribution in [0.15, 0.2) is 0 Å². The third-order valence-electron chi connectivity index (χ3n) is 5.35. The van der Waals surface area contributed by atoms with E-state index in [1.165, 1.54) is 0 Å². The van der Waals surface area contributed by atoms with Crippen LogP contribution >= 0.6 is 0 Å². The van der Waals surface area contributed by atoms with Gasteiger partial charge in [0.25, 0.3) is 0 Å². The van der Waals surface area contributed by atoms with Gasteiger partial charge in [-0.2, -0.15) is 0 Å². The molecule has 0 rings (SSSR count). The molecule has 0 aromatic rings. The lowest BCUT2D eigenvalue weighted by atomic mass is 10.0. The van der Waals surface area contributed by atoms with Gasteiger partial charge < -0.3 is 9.69 Å². The smallest absolute Gasteiger partial charge is 0.236 e. The predicted octanol–water partition coefficient (Wildman–Crippen LogP) is 0.720. The Hall–Kier alpha value is -1.25. The van der Waals surface area contributed by atoms with E-state index in [2.05, 4.69) is 35.5 Å². The molecule has 174 valence electrons. The molecule has 0 saturated carbocycles. The molecule has 0 aromatic carbocycles. The van der Waals surface area contributed by atoms with Crippen LogP contribution in [0.3, 0.4) is 0 Å². The van der Waals surface area contributed by atoms with Gasteiger partial charge in [-0.15, -0.1) is 0 Å². The first-order valence-corrected chi connectivity index (χ1v) is 11.6. The summed E-state index contributed by atoms with van der Waals surface area (Å²) in [7, 11) is 3.50. The van der Waals surface area contributed by atoms with Crippen molar-refractivity contribution in [1.29, 1.82) is 0 Å². The van der Waals surface area contributed by atoms with E-state index in [1.807, 2.05) is 11.9 Å². The third kappa shape index (κ3) is 14.7. The van der Waals surface area contributed by atoms with Crippen LogP contribution in [-0.4, -0.2) is 117 Å². The van der Waals surface area contributed by atoms with Gasteiger partial charge in [0, 0.05) is 33.2 Å². The van der Waals surface area contributed by atoms with Gasteiger partial charge in [0.15, 0.2) is 7.85 Å². The van der Waals surface area contributed by atoms with Gasteiger partial charge in [-0.1, -0.05) is 27.2 Å². The summed E-state index contributed by atoms with van der Waals surface area (Å²) in [6.07, 6.45) is 4.13. The summed E-state index contributed by atoms with van der Waals surface area (Å²) in [6, 6.07) is 0. The summed E-state index contributed by atoms with van der Waals surface area (Å²) >= 11 is 0. The quantitative estimate of drug-likeness (QED) is 0.225. The van der Waals surface area contributed by atoms with Crippen molar-refractivity contribution in [1.82, 2.24) is 19.6 Å². The summed E-state index contributed by atoms with van der Waals surface area (Å²) in [5.74, 6) is 0.356. The number of Topliss-reactive ketones (excluding diaryl/α,β-unsaturated/α-hetero) is 1. The number of amides is 1. The number of rotatable bonds is 19. The van der Waals surface area contributed by atoms with Gasteiger partial charge in [0.2, 0.25) is 5.91 Å². The zero-order valence-corrected chi connectivity index (χ0v) is 20.4. The minimum atomic E-state index is 0.167. The molecule has 0 aliphatic rings. The van der Waals surface area contributed by atoms with Crippen molar-refractivity contribution in [2.45, 2.75) is 53.4 Å². The molecule has 0 aliphatic carbocycles. The van der Waals surface area contributed by atoms with E-state index in [1.54, 1.807) is 14.8 Å². The third-order valence-corrected chi connectivity index (χ3v) is 5.35. The van der Waals surface area contributed by atoms with Crippen LogP contribution in [0.5, 0.6) is 0 Å². The summed E-state index contributed by atoms with van der Waals surface area (Å²) in [6.45, 7) is 15.2. The van der Waals surface area contributed by atoms with Crippen LogP contribution in [0.4, 0.5) is 0 Å². The van der Waals surface area contributed by atoms with E-state index in [0.717, 1.165) is 71.5 Å². The molecule has 0 fully saturated rings. The Balaban J connectivity index is 4.38. The molecule has 30 heavy (non-hydrogen) atoms. The van der Waals surface area contributed by atoms with E-state index in [-0.39, 0.29) is 17.4 Å². The van der Waals surface area contributed by atoms with Crippen LogP contribution in [0, 0.1) is 0 Å². The highest BCUT2D eigenvalue weighted by Gasteiger charge is 2.14. The van der Waals surface area contributed by atoms with E-state index in [9.17, 15) is 14.4 Å². The maximum atomic E-state index is 12.3. The zero-order chi connectivity index (χ0) is 22.9. The lowest BCUT2D eigenvalue weighted by Gasteiger charge is -2.27. The lowest BCUT2D eigenvalue weighted by molar-refractivity contribution is -0.131. The van der Waals surface area contributed by atoms with Gasteiger partial charge in [-0.05, 0) is 52.4 Å². The van der Waals surface area contributed by atoms with Crippen molar-refractivity contribution in [3.63, 3.8) is 0 Å². The molecule has 0 heterocycles. The van der Waals surface area contributed by atoms with Gasteiger partial charge in [-0.3, -0.25) is 24.3 Å². The minimum Gasteiger partial charge on any atom is -0.345 e. The van der Waals surface area contributed by atoms with Gasteiger partial charge in [0.1, 0.15) is 5.78 Å². The molecule has 0 spiro atoms. The summed E-state index contributed by atoms with van der Waals surface area (Å²) in [5, 5.41) is 0. The highest BCUT2D eigenvalue weighted by atomic mass is 16.2. The fourth-order valence-electron chi connectivity index (χ4n) is 3.38. The lowest BCUT2D eigenvalue weighted by Crippen LogP contribution is -2.40. The largest absolute Gasteiger partial charge is 0.345 e. The minimum absolute atomic E-state index is 0.167. The first kappa shape index (κ1) is 28.8. The normalized spacial score (nSPS) is 11.5. The van der Waals surface area contributed by atoms with Gasteiger partial charge >= 0.3 is 0 Å². The molecule has 0 N–H and O–H groups in total. The Morgan fingerprint density at radius 3 is 1.73 bits per heavy atom. The van der Waals surface area contributed by atoms with E-state index >= 15 is 0 Å². The topological polar surface area (TPSA) is 64.2 Å². The molecule has 0 aromatic heterocycles. The molecule has 1 amide bonds. The number of hydrogen-bond acceptors (Lipinski definition) is 6. The molecule has 0 unspecified atom stereocenters. The summed E-state index contributed by atoms with van der Waals surface area (Å²) in [4.78, 5) is 43.7. The molecule has 0 radical (unpaired) electrons. The molecular weight excluding hydrogens is 379 g/mol. The molecule has 0 atom stereocenters.